The summed E-state index contributed by atoms with van der Waals surface area (Å²) in [4.78, 5) is 12.1. The molecule has 2 rings (SSSR count). The number of alkyl halides is 9. The zero-order valence-electron chi connectivity index (χ0n) is 19.3. The van der Waals surface area contributed by atoms with Crippen molar-refractivity contribution in [1.82, 2.24) is 5.32 Å². The van der Waals surface area contributed by atoms with Gasteiger partial charge in [-0.05, 0) is 68.2 Å². The maximum absolute atomic E-state index is 14.9. The number of carbonyl (C=O) groups is 1. The first-order valence-corrected chi connectivity index (χ1v) is 10.3. The Kier molecular flexibility index (Phi) is 8.22. The lowest BCUT2D eigenvalue weighted by Crippen LogP contribution is -2.43. The fraction of sp³-hybridized carbons (Fsp3) is 0.375. The van der Waals surface area contributed by atoms with Crippen LogP contribution in [0.4, 0.5) is 43.9 Å². The summed E-state index contributed by atoms with van der Waals surface area (Å²) in [6.45, 7) is 5.30. The molecule has 2 aromatic rings. The smallest absolute Gasteiger partial charge is 0.341 e. The minimum atomic E-state index is -5.32. The molecule has 36 heavy (non-hydrogen) atoms. The predicted molar refractivity (Wildman–Crippen MR) is 113 cm³/mol. The predicted octanol–water partition coefficient (Wildman–Crippen LogP) is 7.97. The fourth-order valence-corrected chi connectivity index (χ4v) is 3.35. The molecule has 0 bridgehead atoms. The highest BCUT2D eigenvalue weighted by Gasteiger charge is 2.42. The van der Waals surface area contributed by atoms with Crippen molar-refractivity contribution < 1.29 is 48.7 Å². The van der Waals surface area contributed by atoms with Crippen molar-refractivity contribution in [3.05, 3.63) is 75.4 Å². The Hall–Kier alpha value is -3.05. The van der Waals surface area contributed by atoms with E-state index in [4.69, 9.17) is 0 Å². The van der Waals surface area contributed by atoms with Crippen molar-refractivity contribution >= 4 is 11.7 Å². The van der Waals surface area contributed by atoms with Gasteiger partial charge in [-0.2, -0.15) is 39.5 Å². The quantitative estimate of drug-likeness (QED) is 0.391. The van der Waals surface area contributed by atoms with Crippen LogP contribution in [-0.4, -0.2) is 24.3 Å². The van der Waals surface area contributed by atoms with Crippen LogP contribution in [0.3, 0.4) is 0 Å². The summed E-state index contributed by atoms with van der Waals surface area (Å²) in [5.74, 6) is -5.89. The summed E-state index contributed by atoms with van der Waals surface area (Å²) in [6.07, 6.45) is -15.1. The van der Waals surface area contributed by atoms with Gasteiger partial charge in [0.25, 0.3) is 5.91 Å². The van der Waals surface area contributed by atoms with Crippen molar-refractivity contribution in [2.75, 3.05) is 0 Å². The number of rotatable bonds is 5. The third-order valence-electron chi connectivity index (χ3n) is 5.66. The summed E-state index contributed by atoms with van der Waals surface area (Å²) >= 11 is 0. The molecule has 0 saturated carbocycles. The molecular weight excluding hydrogens is 508 g/mol. The summed E-state index contributed by atoms with van der Waals surface area (Å²) in [6, 6.07) is 0.982. The van der Waals surface area contributed by atoms with Crippen LogP contribution in [0.2, 0.25) is 0 Å². The summed E-state index contributed by atoms with van der Waals surface area (Å²) < 4.78 is 135. The lowest BCUT2D eigenvalue weighted by Gasteiger charge is -2.21. The van der Waals surface area contributed by atoms with Crippen LogP contribution in [0.1, 0.15) is 56.6 Å². The SMILES string of the molecule is Cc1cc(C(/C=C(\F)c2ccc(C(=O)NC(C)C(F)(F)F)c(C(F)(F)F)c2)C(F)(F)F)cc(C)c1C. The number of halogens is 10. The van der Waals surface area contributed by atoms with Crippen LogP contribution >= 0.6 is 0 Å². The van der Waals surface area contributed by atoms with Crippen molar-refractivity contribution in [1.29, 1.82) is 0 Å². The van der Waals surface area contributed by atoms with E-state index in [1.807, 2.05) is 0 Å². The Balaban J connectivity index is 2.57. The molecule has 2 nitrogen and oxygen atoms in total. The number of carbonyl (C=O) groups excluding carboxylic acids is 1. The van der Waals surface area contributed by atoms with Gasteiger partial charge in [-0.15, -0.1) is 0 Å². The maximum atomic E-state index is 14.9. The molecule has 0 saturated heterocycles. The second-order valence-electron chi connectivity index (χ2n) is 8.31. The van der Waals surface area contributed by atoms with Crippen molar-refractivity contribution in [3.8, 4) is 0 Å². The Labute approximate surface area is 200 Å². The van der Waals surface area contributed by atoms with E-state index in [1.165, 1.54) is 17.4 Å². The lowest BCUT2D eigenvalue weighted by atomic mass is 9.91. The third-order valence-corrected chi connectivity index (χ3v) is 5.66. The molecule has 0 spiro atoms. The highest BCUT2D eigenvalue weighted by Crippen LogP contribution is 2.40. The molecule has 2 unspecified atom stereocenters. The average molecular weight is 529 g/mol. The first-order chi connectivity index (χ1) is 16.2. The van der Waals surface area contributed by atoms with Crippen molar-refractivity contribution in [2.24, 2.45) is 0 Å². The summed E-state index contributed by atoms with van der Waals surface area (Å²) in [5.41, 5.74) is -2.60. The van der Waals surface area contributed by atoms with Gasteiger partial charge in [-0.1, -0.05) is 18.2 Å². The van der Waals surface area contributed by atoms with Gasteiger partial charge in [0.1, 0.15) is 17.8 Å². The van der Waals surface area contributed by atoms with Gasteiger partial charge in [-0.25, -0.2) is 4.39 Å². The Bertz CT molecular complexity index is 1140. The monoisotopic (exact) mass is 529 g/mol. The van der Waals surface area contributed by atoms with Crippen molar-refractivity contribution in [2.45, 2.75) is 58.2 Å². The molecule has 1 amide bonds. The number of nitrogens with one attached hydrogen (secondary N) is 1. The molecule has 198 valence electrons. The van der Waals surface area contributed by atoms with Crippen LogP contribution in [0.15, 0.2) is 36.4 Å². The number of hydrogen-bond donors (Lipinski definition) is 1. The van der Waals surface area contributed by atoms with Crippen LogP contribution in [0.25, 0.3) is 5.83 Å². The first-order valence-electron chi connectivity index (χ1n) is 10.3. The lowest BCUT2D eigenvalue weighted by molar-refractivity contribution is -0.149. The minimum absolute atomic E-state index is 0.0814. The van der Waals surface area contributed by atoms with Gasteiger partial charge >= 0.3 is 18.5 Å². The van der Waals surface area contributed by atoms with E-state index in [2.05, 4.69) is 0 Å². The highest BCUT2D eigenvalue weighted by atomic mass is 19.4. The topological polar surface area (TPSA) is 29.1 Å². The van der Waals surface area contributed by atoms with Crippen LogP contribution < -0.4 is 5.32 Å². The number of aryl methyl sites for hydroxylation is 2. The summed E-state index contributed by atoms with van der Waals surface area (Å²) in [5, 5.41) is 1.36. The van der Waals surface area contributed by atoms with E-state index in [0.717, 1.165) is 0 Å². The van der Waals surface area contributed by atoms with Gasteiger partial charge < -0.3 is 5.32 Å². The third kappa shape index (κ3) is 6.79. The summed E-state index contributed by atoms with van der Waals surface area (Å²) in [7, 11) is 0. The van der Waals surface area contributed by atoms with Gasteiger partial charge in [0, 0.05) is 5.56 Å². The van der Waals surface area contributed by atoms with Gasteiger partial charge in [0.05, 0.1) is 11.1 Å². The van der Waals surface area contributed by atoms with E-state index >= 15 is 0 Å². The first kappa shape index (κ1) is 29.2. The molecule has 0 fully saturated rings. The Morgan fingerprint density at radius 3 is 1.83 bits per heavy atom. The number of benzene rings is 2. The minimum Gasteiger partial charge on any atom is -0.341 e. The molecule has 0 radical (unpaired) electrons. The second kappa shape index (κ2) is 10.1. The normalized spacial score (nSPS) is 15.0. The van der Waals surface area contributed by atoms with Crippen LogP contribution in [-0.2, 0) is 6.18 Å². The second-order valence-corrected chi connectivity index (χ2v) is 8.31. The molecule has 0 heterocycles. The molecule has 2 aromatic carbocycles. The maximum Gasteiger partial charge on any atom is 0.417 e. The Morgan fingerprint density at radius 1 is 0.861 bits per heavy atom. The van der Waals surface area contributed by atoms with E-state index in [1.54, 1.807) is 20.8 Å². The van der Waals surface area contributed by atoms with E-state index in [0.29, 0.717) is 35.7 Å². The van der Waals surface area contributed by atoms with Crippen LogP contribution in [0, 0.1) is 20.8 Å². The van der Waals surface area contributed by atoms with Crippen molar-refractivity contribution in [3.63, 3.8) is 0 Å². The van der Waals surface area contributed by atoms with E-state index in [-0.39, 0.29) is 17.7 Å². The number of amides is 1. The molecule has 0 aliphatic carbocycles. The fourth-order valence-electron chi connectivity index (χ4n) is 3.35. The molecule has 0 aliphatic heterocycles. The molecular formula is C24H21F10NO. The standard InChI is InChI=1S/C24H21F10NO/c1-11-7-16(8-12(2)13(11)3)18(23(29,30)31)10-20(25)15-5-6-17(19(9-15)24(32,33)34)21(36)35-14(4)22(26,27)28/h5-10,14,18H,1-4H3,(H,35,36)/b20-10-. The molecule has 0 aliphatic rings. The molecule has 12 heteroatoms. The largest absolute Gasteiger partial charge is 0.417 e. The highest BCUT2D eigenvalue weighted by molar-refractivity contribution is 5.96. The molecule has 1 N–H and O–H groups in total. The average Bonchev–Trinajstić information content (AvgIpc) is 2.72. The Morgan fingerprint density at radius 2 is 1.39 bits per heavy atom. The number of allylic oxidation sites excluding steroid dienone is 1. The van der Waals surface area contributed by atoms with Gasteiger partial charge in [-0.3, -0.25) is 4.79 Å². The van der Waals surface area contributed by atoms with E-state index in [9.17, 15) is 48.7 Å². The van der Waals surface area contributed by atoms with Crippen LogP contribution in [0.5, 0.6) is 0 Å². The zero-order valence-corrected chi connectivity index (χ0v) is 19.3. The van der Waals surface area contributed by atoms with Gasteiger partial charge in [0.2, 0.25) is 0 Å². The zero-order chi connectivity index (χ0) is 27.8. The van der Waals surface area contributed by atoms with Gasteiger partial charge in [0.15, 0.2) is 0 Å². The molecule has 2 atom stereocenters. The van der Waals surface area contributed by atoms with E-state index < -0.39 is 58.9 Å². The number of hydrogen-bond acceptors (Lipinski definition) is 1. The molecule has 0 aromatic heterocycles.